The minimum atomic E-state index is -4.78. The first-order chi connectivity index (χ1) is 15.1. The number of halogens is 5. The summed E-state index contributed by atoms with van der Waals surface area (Å²) in [5, 5.41) is 1.24. The van der Waals surface area contributed by atoms with Crippen LogP contribution in [0.5, 0.6) is 5.75 Å². The van der Waals surface area contributed by atoms with Crippen molar-refractivity contribution in [1.29, 1.82) is 0 Å². The Balaban J connectivity index is 1.98. The number of aromatic nitrogens is 2. The SMILES string of the molecule is Cc1cc(OC(F)(F)F)cc2c1c(Cc1c(Cl)ncc(CC(=O)OC(C)(C)C)c1Cl)cn2C. The summed E-state index contributed by atoms with van der Waals surface area (Å²) >= 11 is 12.9. The minimum Gasteiger partial charge on any atom is -0.460 e. The van der Waals surface area contributed by atoms with Crippen LogP contribution in [0, 0.1) is 6.92 Å². The Labute approximate surface area is 199 Å². The molecule has 33 heavy (non-hydrogen) atoms. The van der Waals surface area contributed by atoms with Crippen LogP contribution >= 0.6 is 23.2 Å². The Bertz CT molecular complexity index is 1210. The molecule has 0 aliphatic heterocycles. The Hall–Kier alpha value is -2.45. The maximum absolute atomic E-state index is 12.7. The van der Waals surface area contributed by atoms with Crippen molar-refractivity contribution in [2.45, 2.75) is 52.5 Å². The van der Waals surface area contributed by atoms with E-state index in [1.807, 2.05) is 0 Å². The quantitative estimate of drug-likeness (QED) is 0.292. The molecule has 0 spiro atoms. The molecule has 2 heterocycles. The summed E-state index contributed by atoms with van der Waals surface area (Å²) in [5.41, 5.74) is 2.32. The molecule has 3 aromatic rings. The zero-order valence-electron chi connectivity index (χ0n) is 18.7. The van der Waals surface area contributed by atoms with Gasteiger partial charge in [0, 0.05) is 48.4 Å². The van der Waals surface area contributed by atoms with Gasteiger partial charge in [-0.2, -0.15) is 0 Å². The van der Waals surface area contributed by atoms with Crippen molar-refractivity contribution >= 4 is 40.1 Å². The summed E-state index contributed by atoms with van der Waals surface area (Å²) in [7, 11) is 1.73. The number of alkyl halides is 3. The van der Waals surface area contributed by atoms with E-state index in [4.69, 9.17) is 27.9 Å². The van der Waals surface area contributed by atoms with Gasteiger partial charge in [0.05, 0.1) is 17.0 Å². The van der Waals surface area contributed by atoms with Gasteiger partial charge in [0.1, 0.15) is 16.5 Å². The number of hydrogen-bond acceptors (Lipinski definition) is 4. The van der Waals surface area contributed by atoms with Crippen molar-refractivity contribution in [2.24, 2.45) is 7.05 Å². The van der Waals surface area contributed by atoms with Crippen LogP contribution in [-0.2, 0) is 29.4 Å². The average Bonchev–Trinajstić information content (AvgIpc) is 2.94. The van der Waals surface area contributed by atoms with Crippen molar-refractivity contribution in [1.82, 2.24) is 9.55 Å². The first-order valence-corrected chi connectivity index (χ1v) is 10.8. The number of ether oxygens (including phenoxy) is 2. The molecule has 0 unspecified atom stereocenters. The molecule has 0 saturated heterocycles. The van der Waals surface area contributed by atoms with E-state index in [0.29, 0.717) is 27.2 Å². The lowest BCUT2D eigenvalue weighted by Gasteiger charge is -2.20. The van der Waals surface area contributed by atoms with Gasteiger partial charge in [-0.05, 0) is 44.9 Å². The van der Waals surface area contributed by atoms with Crippen molar-refractivity contribution in [3.05, 3.63) is 57.0 Å². The Morgan fingerprint density at radius 2 is 1.82 bits per heavy atom. The second-order valence-corrected chi connectivity index (χ2v) is 9.49. The highest BCUT2D eigenvalue weighted by Gasteiger charge is 2.31. The molecule has 5 nitrogen and oxygen atoms in total. The highest BCUT2D eigenvalue weighted by molar-refractivity contribution is 6.36. The summed E-state index contributed by atoms with van der Waals surface area (Å²) in [4.78, 5) is 16.4. The van der Waals surface area contributed by atoms with Crippen LogP contribution in [0.15, 0.2) is 24.5 Å². The molecular weight excluding hydrogens is 480 g/mol. The van der Waals surface area contributed by atoms with E-state index in [9.17, 15) is 18.0 Å². The number of fused-ring (bicyclic) bond motifs is 1. The zero-order valence-corrected chi connectivity index (χ0v) is 20.2. The number of carbonyl (C=O) groups excluding carboxylic acids is 1. The smallest absolute Gasteiger partial charge is 0.460 e. The summed E-state index contributed by atoms with van der Waals surface area (Å²) in [6.45, 7) is 7.01. The van der Waals surface area contributed by atoms with Gasteiger partial charge in [0.2, 0.25) is 0 Å². The van der Waals surface area contributed by atoms with Gasteiger partial charge in [-0.1, -0.05) is 23.2 Å². The Morgan fingerprint density at radius 1 is 1.15 bits per heavy atom. The van der Waals surface area contributed by atoms with Gasteiger partial charge < -0.3 is 14.0 Å². The number of esters is 1. The standard InChI is InChI=1S/C23H23Cl2F3N2O3/c1-12-6-15(32-23(26,27)28)9-17-19(12)14(11-30(17)5)7-16-20(24)13(10-29-21(16)25)8-18(31)33-22(2,3)4/h6,9-11H,7-8H2,1-5H3. The summed E-state index contributed by atoms with van der Waals surface area (Å²) in [5.74, 6) is -0.741. The molecule has 0 fully saturated rings. The van der Waals surface area contributed by atoms with E-state index < -0.39 is 17.9 Å². The zero-order chi connectivity index (χ0) is 24.7. The summed E-state index contributed by atoms with van der Waals surface area (Å²) in [6, 6.07) is 2.67. The van der Waals surface area contributed by atoms with Crippen molar-refractivity contribution in [3.63, 3.8) is 0 Å². The van der Waals surface area contributed by atoms with Gasteiger partial charge >= 0.3 is 12.3 Å². The van der Waals surface area contributed by atoms with Crippen LogP contribution in [0.4, 0.5) is 13.2 Å². The Kier molecular flexibility index (Phi) is 6.92. The fraction of sp³-hybridized carbons (Fsp3) is 0.391. The van der Waals surface area contributed by atoms with Crippen molar-refractivity contribution < 1.29 is 27.4 Å². The largest absolute Gasteiger partial charge is 0.573 e. The molecule has 10 heteroatoms. The van der Waals surface area contributed by atoms with E-state index in [1.165, 1.54) is 18.3 Å². The second-order valence-electron chi connectivity index (χ2n) is 8.75. The third-order valence-corrected chi connectivity index (χ3v) is 5.62. The molecule has 3 rings (SSSR count). The van der Waals surface area contributed by atoms with E-state index in [2.05, 4.69) is 9.72 Å². The highest BCUT2D eigenvalue weighted by Crippen LogP contribution is 2.35. The van der Waals surface area contributed by atoms with Crippen LogP contribution in [-0.4, -0.2) is 27.5 Å². The molecule has 0 radical (unpaired) electrons. The molecule has 0 atom stereocenters. The first kappa shape index (κ1) is 25.2. The van der Waals surface area contributed by atoms with E-state index in [-0.39, 0.29) is 23.7 Å². The van der Waals surface area contributed by atoms with Gasteiger partial charge in [0.15, 0.2) is 0 Å². The molecule has 0 N–H and O–H groups in total. The van der Waals surface area contributed by atoms with Crippen molar-refractivity contribution in [2.75, 3.05) is 0 Å². The predicted octanol–water partition coefficient (Wildman–Crippen LogP) is 6.56. The lowest BCUT2D eigenvalue weighted by Crippen LogP contribution is -2.25. The highest BCUT2D eigenvalue weighted by atomic mass is 35.5. The maximum atomic E-state index is 12.7. The molecule has 0 bridgehead atoms. The van der Waals surface area contributed by atoms with Gasteiger partial charge in [-0.3, -0.25) is 4.79 Å². The topological polar surface area (TPSA) is 53.4 Å². The number of aryl methyl sites for hydroxylation is 2. The average molecular weight is 503 g/mol. The van der Waals surface area contributed by atoms with Gasteiger partial charge in [-0.15, -0.1) is 13.2 Å². The maximum Gasteiger partial charge on any atom is 0.573 e. The van der Waals surface area contributed by atoms with Gasteiger partial charge in [-0.25, -0.2) is 4.98 Å². The third-order valence-electron chi connectivity index (χ3n) is 4.82. The normalized spacial score (nSPS) is 12.3. The number of nitrogens with zero attached hydrogens (tertiary/aromatic N) is 2. The number of rotatable bonds is 5. The van der Waals surface area contributed by atoms with Gasteiger partial charge in [0.25, 0.3) is 0 Å². The predicted molar refractivity (Wildman–Crippen MR) is 121 cm³/mol. The molecule has 2 aromatic heterocycles. The number of carbonyl (C=O) groups is 1. The van der Waals surface area contributed by atoms with Crippen LogP contribution in [0.1, 0.15) is 43.0 Å². The van der Waals surface area contributed by atoms with E-state index in [0.717, 1.165) is 10.9 Å². The van der Waals surface area contributed by atoms with Crippen LogP contribution in [0.25, 0.3) is 10.9 Å². The number of pyridine rings is 1. The third kappa shape index (κ3) is 6.12. The Morgan fingerprint density at radius 3 is 2.42 bits per heavy atom. The molecule has 0 saturated carbocycles. The van der Waals surface area contributed by atoms with Crippen LogP contribution in [0.2, 0.25) is 10.2 Å². The first-order valence-electron chi connectivity index (χ1n) is 10.0. The molecule has 0 aliphatic rings. The molecule has 178 valence electrons. The monoisotopic (exact) mass is 502 g/mol. The second kappa shape index (κ2) is 9.06. The van der Waals surface area contributed by atoms with E-state index in [1.54, 1.807) is 45.5 Å². The molecular formula is C23H23Cl2F3N2O3. The fourth-order valence-corrected chi connectivity index (χ4v) is 4.21. The van der Waals surface area contributed by atoms with Crippen LogP contribution in [0.3, 0.4) is 0 Å². The fourth-order valence-electron chi connectivity index (χ4n) is 3.68. The lowest BCUT2D eigenvalue weighted by atomic mass is 10.0. The van der Waals surface area contributed by atoms with E-state index >= 15 is 0 Å². The number of hydrogen-bond donors (Lipinski definition) is 0. The molecule has 0 amide bonds. The minimum absolute atomic E-state index is 0.0695. The molecule has 0 aliphatic carbocycles. The summed E-state index contributed by atoms with van der Waals surface area (Å²) in [6.07, 6.45) is -1.35. The van der Waals surface area contributed by atoms with Crippen molar-refractivity contribution in [3.8, 4) is 5.75 Å². The van der Waals surface area contributed by atoms with Crippen LogP contribution < -0.4 is 4.74 Å². The lowest BCUT2D eigenvalue weighted by molar-refractivity contribution is -0.274. The molecule has 1 aromatic carbocycles. The number of benzene rings is 1. The summed E-state index contributed by atoms with van der Waals surface area (Å²) < 4.78 is 49.2.